The number of nitrogens with one attached hydrogen (secondary N) is 1. The summed E-state index contributed by atoms with van der Waals surface area (Å²) in [6.07, 6.45) is -0.648. The Morgan fingerprint density at radius 1 is 1.21 bits per heavy atom. The average molecular weight is 396 g/mol. The van der Waals surface area contributed by atoms with Gasteiger partial charge in [-0.05, 0) is 47.6 Å². The normalized spacial score (nSPS) is 12.4. The second-order valence-corrected chi connectivity index (χ2v) is 7.72. The second-order valence-electron chi connectivity index (χ2n) is 7.72. The largest absolute Gasteiger partial charge is 0.457 e. The van der Waals surface area contributed by atoms with E-state index in [4.69, 9.17) is 14.2 Å². The summed E-state index contributed by atoms with van der Waals surface area (Å²) in [7, 11) is 1.63. The Labute approximate surface area is 166 Å². The number of carbonyl (C=O) groups excluding carboxylic acids is 3. The third kappa shape index (κ3) is 7.34. The molecule has 0 aliphatic rings. The zero-order valence-corrected chi connectivity index (χ0v) is 17.9. The number of nitrogens with zero attached hydrogens (tertiary/aromatic N) is 1. The number of methoxy groups -OCH3 is 1. The first-order chi connectivity index (χ1) is 13.0. The lowest BCUT2D eigenvalue weighted by Gasteiger charge is -2.19. The van der Waals surface area contributed by atoms with Gasteiger partial charge in [-0.2, -0.15) is 0 Å². The average Bonchev–Trinajstić information content (AvgIpc) is 2.85. The van der Waals surface area contributed by atoms with Crippen LogP contribution in [0.25, 0.3) is 0 Å². The number of alkyl carbamates (subject to hydrolysis) is 1. The van der Waals surface area contributed by atoms with Crippen molar-refractivity contribution in [2.24, 2.45) is 0 Å². The maximum Gasteiger partial charge on any atom is 0.407 e. The summed E-state index contributed by atoms with van der Waals surface area (Å²) in [5, 5.41) is 2.47. The van der Waals surface area contributed by atoms with E-state index in [-0.39, 0.29) is 31.4 Å². The molecule has 1 heterocycles. The predicted molar refractivity (Wildman–Crippen MR) is 105 cm³/mol. The molecule has 0 aliphatic carbocycles. The highest BCUT2D eigenvalue weighted by molar-refractivity contribution is 5.99. The number of hydrogen-bond donors (Lipinski definition) is 1. The van der Waals surface area contributed by atoms with Gasteiger partial charge in [0.2, 0.25) is 5.78 Å². The van der Waals surface area contributed by atoms with Crippen molar-refractivity contribution in [3.05, 3.63) is 23.0 Å². The molecule has 0 bridgehead atoms. The van der Waals surface area contributed by atoms with E-state index >= 15 is 0 Å². The van der Waals surface area contributed by atoms with Crippen molar-refractivity contribution in [1.82, 2.24) is 9.88 Å². The SMILES string of the molecule is COC[C@H](C)n1c(C)cc(C(=O)COC(=O)CCNC(=O)OC(C)(C)C)c1C. The lowest BCUT2D eigenvalue weighted by atomic mass is 10.1. The van der Waals surface area contributed by atoms with E-state index in [2.05, 4.69) is 5.32 Å². The Balaban J connectivity index is 2.51. The number of ketones is 1. The zero-order valence-electron chi connectivity index (χ0n) is 17.9. The summed E-state index contributed by atoms with van der Waals surface area (Å²) in [6.45, 7) is 11.3. The van der Waals surface area contributed by atoms with Crippen LogP contribution in [0.1, 0.15) is 61.9 Å². The molecule has 28 heavy (non-hydrogen) atoms. The number of aryl methyl sites for hydroxylation is 1. The monoisotopic (exact) mass is 396 g/mol. The molecule has 0 spiro atoms. The molecule has 1 atom stereocenters. The predicted octanol–water partition coefficient (Wildman–Crippen LogP) is 2.95. The maximum atomic E-state index is 12.4. The number of carbonyl (C=O) groups is 3. The molecule has 8 nitrogen and oxygen atoms in total. The third-order valence-electron chi connectivity index (χ3n) is 4.00. The van der Waals surface area contributed by atoms with Crippen molar-refractivity contribution < 1.29 is 28.6 Å². The van der Waals surface area contributed by atoms with Crippen LogP contribution in [-0.2, 0) is 19.0 Å². The maximum absolute atomic E-state index is 12.4. The van der Waals surface area contributed by atoms with Gasteiger partial charge in [0.1, 0.15) is 5.60 Å². The molecule has 1 aromatic heterocycles. The molecule has 1 N–H and O–H groups in total. The number of rotatable bonds is 9. The molecule has 0 aromatic carbocycles. The van der Waals surface area contributed by atoms with E-state index in [1.165, 1.54) is 0 Å². The fourth-order valence-corrected chi connectivity index (χ4v) is 2.93. The van der Waals surface area contributed by atoms with Crippen LogP contribution < -0.4 is 5.32 Å². The standard InChI is InChI=1S/C20H32N2O6/c1-13-10-16(15(3)22(13)14(2)11-26-7)17(23)12-27-18(24)8-9-21-19(25)28-20(4,5)6/h10,14H,8-9,11-12H2,1-7H3,(H,21,25)/t14-/m0/s1. The van der Waals surface area contributed by atoms with Crippen molar-refractivity contribution >= 4 is 17.8 Å². The van der Waals surface area contributed by atoms with Gasteiger partial charge in [-0.25, -0.2) is 4.79 Å². The number of ether oxygens (including phenoxy) is 3. The van der Waals surface area contributed by atoms with Crippen molar-refractivity contribution in [3.63, 3.8) is 0 Å². The van der Waals surface area contributed by atoms with Crippen molar-refractivity contribution in [3.8, 4) is 0 Å². The summed E-state index contributed by atoms with van der Waals surface area (Å²) in [5.74, 6) is -0.830. The van der Waals surface area contributed by atoms with Crippen LogP contribution >= 0.6 is 0 Å². The highest BCUT2D eigenvalue weighted by atomic mass is 16.6. The van der Waals surface area contributed by atoms with Gasteiger partial charge in [0.15, 0.2) is 6.61 Å². The highest BCUT2D eigenvalue weighted by Gasteiger charge is 2.20. The van der Waals surface area contributed by atoms with E-state index < -0.39 is 17.7 Å². The van der Waals surface area contributed by atoms with Crippen LogP contribution in [-0.4, -0.2) is 54.9 Å². The van der Waals surface area contributed by atoms with E-state index in [1.54, 1.807) is 33.9 Å². The first-order valence-electron chi connectivity index (χ1n) is 9.29. The van der Waals surface area contributed by atoms with Crippen LogP contribution in [0.4, 0.5) is 4.79 Å². The van der Waals surface area contributed by atoms with E-state index in [9.17, 15) is 14.4 Å². The molecule has 1 amide bonds. The summed E-state index contributed by atoms with van der Waals surface area (Å²) < 4.78 is 17.3. The molecule has 0 radical (unpaired) electrons. The molecular formula is C20H32N2O6. The summed E-state index contributed by atoms with van der Waals surface area (Å²) >= 11 is 0. The van der Waals surface area contributed by atoms with Gasteiger partial charge in [0.25, 0.3) is 0 Å². The van der Waals surface area contributed by atoms with Gasteiger partial charge in [0, 0.05) is 30.6 Å². The first kappa shape index (κ1) is 23.7. The van der Waals surface area contributed by atoms with Crippen LogP contribution in [0.2, 0.25) is 0 Å². The minimum Gasteiger partial charge on any atom is -0.457 e. The van der Waals surface area contributed by atoms with Gasteiger partial charge in [-0.3, -0.25) is 9.59 Å². The molecule has 158 valence electrons. The molecule has 1 aromatic rings. The molecule has 0 fully saturated rings. The highest BCUT2D eigenvalue weighted by Crippen LogP contribution is 2.21. The molecule has 0 saturated heterocycles. The van der Waals surface area contributed by atoms with E-state index in [0.29, 0.717) is 12.2 Å². The fraction of sp³-hybridized carbons (Fsp3) is 0.650. The minimum absolute atomic E-state index is 0.0452. The second kappa shape index (κ2) is 10.3. The Bertz CT molecular complexity index is 702. The smallest absolute Gasteiger partial charge is 0.407 e. The van der Waals surface area contributed by atoms with Crippen LogP contribution in [0.15, 0.2) is 6.07 Å². The summed E-state index contributed by atoms with van der Waals surface area (Å²) in [5.41, 5.74) is 1.68. The number of hydrogen-bond acceptors (Lipinski definition) is 6. The Kier molecular flexibility index (Phi) is 8.68. The molecule has 8 heteroatoms. The summed E-state index contributed by atoms with van der Waals surface area (Å²) in [6, 6.07) is 1.88. The third-order valence-corrected chi connectivity index (χ3v) is 4.00. The van der Waals surface area contributed by atoms with Gasteiger partial charge >= 0.3 is 12.1 Å². The molecule has 0 aliphatic heterocycles. The van der Waals surface area contributed by atoms with Gasteiger partial charge in [0.05, 0.1) is 19.1 Å². The molecule has 0 unspecified atom stereocenters. The number of Topliss-reactive ketones (excluding diaryl/α,β-unsaturated/α-hetero) is 1. The summed E-state index contributed by atoms with van der Waals surface area (Å²) in [4.78, 5) is 35.8. The van der Waals surface area contributed by atoms with E-state index in [0.717, 1.165) is 11.4 Å². The first-order valence-corrected chi connectivity index (χ1v) is 9.29. The minimum atomic E-state index is -0.607. The number of amides is 1. The van der Waals surface area contributed by atoms with E-state index in [1.807, 2.05) is 25.3 Å². The van der Waals surface area contributed by atoms with Crippen molar-refractivity contribution in [2.45, 2.75) is 59.6 Å². The number of esters is 1. The fourth-order valence-electron chi connectivity index (χ4n) is 2.93. The van der Waals surface area contributed by atoms with Crippen molar-refractivity contribution in [1.29, 1.82) is 0 Å². The Morgan fingerprint density at radius 3 is 2.43 bits per heavy atom. The van der Waals surface area contributed by atoms with Crippen LogP contribution in [0, 0.1) is 13.8 Å². The van der Waals surface area contributed by atoms with Crippen LogP contribution in [0.5, 0.6) is 0 Å². The Hall–Kier alpha value is -2.35. The molecule has 1 rings (SSSR count). The topological polar surface area (TPSA) is 95.9 Å². The van der Waals surface area contributed by atoms with Gasteiger partial charge in [-0.15, -0.1) is 0 Å². The van der Waals surface area contributed by atoms with Crippen LogP contribution in [0.3, 0.4) is 0 Å². The lowest BCUT2D eigenvalue weighted by Crippen LogP contribution is -2.33. The molecule has 0 saturated carbocycles. The zero-order chi connectivity index (χ0) is 21.5. The van der Waals surface area contributed by atoms with Gasteiger partial charge in [-0.1, -0.05) is 0 Å². The number of aromatic nitrogens is 1. The quantitative estimate of drug-likeness (QED) is 0.509. The molecular weight excluding hydrogens is 364 g/mol. The van der Waals surface area contributed by atoms with Gasteiger partial charge < -0.3 is 24.1 Å². The lowest BCUT2D eigenvalue weighted by molar-refractivity contribution is -0.142. The van der Waals surface area contributed by atoms with Crippen molar-refractivity contribution in [2.75, 3.05) is 26.9 Å². The Morgan fingerprint density at radius 2 is 1.86 bits per heavy atom.